The number of nitrogens with zero attached hydrogens (tertiary/aromatic N) is 5. The molecule has 1 aliphatic heterocycles. The highest BCUT2D eigenvalue weighted by atomic mass is 35.5. The van der Waals surface area contributed by atoms with E-state index in [-0.39, 0.29) is 0 Å². The van der Waals surface area contributed by atoms with E-state index in [0.29, 0.717) is 29.2 Å². The minimum atomic E-state index is 0.383. The first-order chi connectivity index (χ1) is 11.3. The zero-order chi connectivity index (χ0) is 15.8. The molecule has 0 saturated heterocycles. The Morgan fingerprint density at radius 3 is 2.70 bits per heavy atom. The summed E-state index contributed by atoms with van der Waals surface area (Å²) >= 11 is 6.12. The van der Waals surface area contributed by atoms with Crippen molar-refractivity contribution in [1.29, 1.82) is 0 Å². The summed E-state index contributed by atoms with van der Waals surface area (Å²) in [7, 11) is 1.56. The maximum atomic E-state index is 6.12. The molecule has 0 bridgehead atoms. The molecule has 0 spiro atoms. The van der Waals surface area contributed by atoms with Crippen molar-refractivity contribution < 1.29 is 4.74 Å². The molecule has 23 heavy (non-hydrogen) atoms. The number of hydrogen-bond donors (Lipinski definition) is 0. The van der Waals surface area contributed by atoms with Crippen LogP contribution in [0.1, 0.15) is 17.1 Å². The third kappa shape index (κ3) is 2.27. The molecule has 1 aliphatic rings. The lowest BCUT2D eigenvalue weighted by Crippen LogP contribution is -2.10. The summed E-state index contributed by atoms with van der Waals surface area (Å²) in [6, 6.07) is 13.9. The predicted octanol–water partition coefficient (Wildman–Crippen LogP) is 2.68. The van der Waals surface area contributed by atoms with Crippen molar-refractivity contribution in [2.45, 2.75) is 6.54 Å². The zero-order valence-corrected chi connectivity index (χ0v) is 13.0. The molecule has 3 heterocycles. The first-order valence-corrected chi connectivity index (χ1v) is 7.41. The Kier molecular flexibility index (Phi) is 3.31. The highest BCUT2D eigenvalue weighted by Crippen LogP contribution is 2.28. The first kappa shape index (κ1) is 13.9. The summed E-state index contributed by atoms with van der Waals surface area (Å²) in [6.45, 7) is 0.383. The van der Waals surface area contributed by atoms with Crippen molar-refractivity contribution >= 4 is 17.3 Å². The molecule has 0 aliphatic carbocycles. The summed E-state index contributed by atoms with van der Waals surface area (Å²) in [4.78, 5) is 9.17. The van der Waals surface area contributed by atoms with Crippen LogP contribution in [-0.2, 0) is 6.54 Å². The molecule has 0 atom stereocenters. The van der Waals surface area contributed by atoms with Crippen LogP contribution in [0.15, 0.2) is 47.5 Å². The predicted molar refractivity (Wildman–Crippen MR) is 86.5 cm³/mol. The standard InChI is InChI=1S/C16H12ClN5O/c1-23-16-21-20-13-9-18-14(10-5-3-2-4-6-10)15-11(22(13)16)7-8-12(17)19-15/h2-8H,9H2,1H3. The normalized spacial score (nSPS) is 12.9. The Balaban J connectivity index is 2.00. The molecule has 114 valence electrons. The summed E-state index contributed by atoms with van der Waals surface area (Å²) in [5, 5.41) is 8.60. The summed E-state index contributed by atoms with van der Waals surface area (Å²) in [5.74, 6) is 0.693. The van der Waals surface area contributed by atoms with Gasteiger partial charge >= 0.3 is 6.01 Å². The Labute approximate surface area is 137 Å². The zero-order valence-electron chi connectivity index (χ0n) is 12.3. The van der Waals surface area contributed by atoms with Gasteiger partial charge in [0.25, 0.3) is 0 Å². The fourth-order valence-electron chi connectivity index (χ4n) is 2.61. The number of pyridine rings is 1. The van der Waals surface area contributed by atoms with Gasteiger partial charge in [0.15, 0.2) is 5.82 Å². The molecule has 0 unspecified atom stereocenters. The van der Waals surface area contributed by atoms with E-state index >= 15 is 0 Å². The maximum absolute atomic E-state index is 6.12. The van der Waals surface area contributed by atoms with Crippen molar-refractivity contribution in [3.8, 4) is 11.7 Å². The lowest BCUT2D eigenvalue weighted by molar-refractivity contribution is 0.371. The second-order valence-electron chi connectivity index (χ2n) is 4.97. The van der Waals surface area contributed by atoms with Gasteiger partial charge in [-0.25, -0.2) is 9.55 Å². The average Bonchev–Trinajstić information content (AvgIpc) is 2.92. The van der Waals surface area contributed by atoms with Crippen molar-refractivity contribution in [3.05, 3.63) is 64.7 Å². The minimum Gasteiger partial charge on any atom is -0.467 e. The Morgan fingerprint density at radius 1 is 1.09 bits per heavy atom. The van der Waals surface area contributed by atoms with E-state index in [0.717, 1.165) is 17.0 Å². The lowest BCUT2D eigenvalue weighted by atomic mass is 10.1. The van der Waals surface area contributed by atoms with Crippen LogP contribution in [0.3, 0.4) is 0 Å². The van der Waals surface area contributed by atoms with E-state index in [9.17, 15) is 0 Å². The van der Waals surface area contributed by atoms with Gasteiger partial charge in [0, 0.05) is 5.56 Å². The molecule has 0 fully saturated rings. The number of benzene rings is 1. The van der Waals surface area contributed by atoms with Crippen LogP contribution in [0, 0.1) is 0 Å². The van der Waals surface area contributed by atoms with Gasteiger partial charge in [-0.1, -0.05) is 47.0 Å². The molecule has 3 aromatic rings. The smallest absolute Gasteiger partial charge is 0.321 e. The van der Waals surface area contributed by atoms with Gasteiger partial charge in [-0.05, 0) is 12.1 Å². The molecule has 0 saturated carbocycles. The molecule has 1 aromatic carbocycles. The fraction of sp³-hybridized carbons (Fsp3) is 0.125. The second-order valence-corrected chi connectivity index (χ2v) is 5.36. The van der Waals surface area contributed by atoms with Crippen molar-refractivity contribution in [1.82, 2.24) is 19.7 Å². The molecule has 0 amide bonds. The molecule has 0 radical (unpaired) electrons. The van der Waals surface area contributed by atoms with E-state index in [1.54, 1.807) is 13.2 Å². The van der Waals surface area contributed by atoms with E-state index in [2.05, 4.69) is 20.2 Å². The van der Waals surface area contributed by atoms with E-state index in [1.807, 2.05) is 41.0 Å². The van der Waals surface area contributed by atoms with Crippen molar-refractivity contribution in [3.63, 3.8) is 0 Å². The molecule has 2 aromatic heterocycles. The van der Waals surface area contributed by atoms with Gasteiger partial charge < -0.3 is 4.74 Å². The number of fused-ring (bicyclic) bond motifs is 3. The average molecular weight is 326 g/mol. The van der Waals surface area contributed by atoms with Crippen LogP contribution >= 0.6 is 11.6 Å². The number of methoxy groups -OCH3 is 1. The molecule has 6 nitrogen and oxygen atoms in total. The van der Waals surface area contributed by atoms with Gasteiger partial charge in [0.05, 0.1) is 18.5 Å². The molecular formula is C16H12ClN5O. The quantitative estimate of drug-likeness (QED) is 0.679. The number of rotatable bonds is 2. The number of aliphatic imine (C=N–C) groups is 1. The second kappa shape index (κ2) is 5.48. The Bertz CT molecular complexity index is 904. The highest BCUT2D eigenvalue weighted by Gasteiger charge is 2.24. The van der Waals surface area contributed by atoms with Gasteiger partial charge in [-0.2, -0.15) is 0 Å². The number of halogens is 1. The Morgan fingerprint density at radius 2 is 1.91 bits per heavy atom. The van der Waals surface area contributed by atoms with Gasteiger partial charge in [-0.15, -0.1) is 5.10 Å². The van der Waals surface area contributed by atoms with E-state index in [4.69, 9.17) is 16.3 Å². The molecular weight excluding hydrogens is 314 g/mol. The van der Waals surface area contributed by atoms with Crippen LogP contribution in [-0.4, -0.2) is 32.6 Å². The number of hydrogen-bond acceptors (Lipinski definition) is 5. The van der Waals surface area contributed by atoms with Crippen molar-refractivity contribution in [2.75, 3.05) is 7.11 Å². The van der Waals surface area contributed by atoms with Crippen LogP contribution in [0.2, 0.25) is 5.15 Å². The van der Waals surface area contributed by atoms with Crippen LogP contribution in [0.4, 0.5) is 0 Å². The summed E-state index contributed by atoms with van der Waals surface area (Å²) in [5.41, 5.74) is 3.23. The minimum absolute atomic E-state index is 0.383. The highest BCUT2D eigenvalue weighted by molar-refractivity contribution is 6.29. The number of ether oxygens (including phenoxy) is 1. The maximum Gasteiger partial charge on any atom is 0.321 e. The van der Waals surface area contributed by atoms with Crippen LogP contribution in [0.25, 0.3) is 5.69 Å². The van der Waals surface area contributed by atoms with Crippen molar-refractivity contribution in [2.24, 2.45) is 4.99 Å². The fourth-order valence-corrected chi connectivity index (χ4v) is 2.76. The van der Waals surface area contributed by atoms with Crippen LogP contribution in [0.5, 0.6) is 6.01 Å². The lowest BCUT2D eigenvalue weighted by Gasteiger charge is -2.12. The molecule has 7 heteroatoms. The van der Waals surface area contributed by atoms with Crippen LogP contribution < -0.4 is 4.74 Å². The summed E-state index contributed by atoms with van der Waals surface area (Å²) < 4.78 is 7.13. The Hall–Kier alpha value is -2.73. The number of aromatic nitrogens is 4. The van der Waals surface area contributed by atoms with Gasteiger partial charge in [0.1, 0.15) is 17.4 Å². The van der Waals surface area contributed by atoms with E-state index < -0.39 is 0 Å². The monoisotopic (exact) mass is 325 g/mol. The molecule has 0 N–H and O–H groups in total. The SMILES string of the molecule is COc1nnc2n1-c1ccc(Cl)nc1C(c1ccccc1)=NC2. The third-order valence-corrected chi connectivity index (χ3v) is 3.82. The third-order valence-electron chi connectivity index (χ3n) is 3.61. The first-order valence-electron chi connectivity index (χ1n) is 7.03. The van der Waals surface area contributed by atoms with Gasteiger partial charge in [-0.3, -0.25) is 4.99 Å². The largest absolute Gasteiger partial charge is 0.467 e. The van der Waals surface area contributed by atoms with E-state index in [1.165, 1.54) is 0 Å². The molecule has 4 rings (SSSR count). The topological polar surface area (TPSA) is 65.2 Å². The summed E-state index contributed by atoms with van der Waals surface area (Å²) in [6.07, 6.45) is 0. The van der Waals surface area contributed by atoms with Gasteiger partial charge in [0.2, 0.25) is 0 Å².